The summed E-state index contributed by atoms with van der Waals surface area (Å²) in [5.41, 5.74) is 2.24. The fourth-order valence-electron chi connectivity index (χ4n) is 3.41. The van der Waals surface area contributed by atoms with Gasteiger partial charge in [-0.3, -0.25) is 0 Å². The summed E-state index contributed by atoms with van der Waals surface area (Å²) in [6, 6.07) is 4.40. The van der Waals surface area contributed by atoms with Gasteiger partial charge in [0.2, 0.25) is 12.5 Å². The van der Waals surface area contributed by atoms with Crippen LogP contribution in [0.2, 0.25) is 0 Å². The first-order valence-electron chi connectivity index (χ1n) is 8.52. The monoisotopic (exact) mass is 345 g/mol. The second kappa shape index (κ2) is 6.93. The minimum atomic E-state index is 0.0880. The van der Waals surface area contributed by atoms with E-state index in [9.17, 15) is 0 Å². The molecule has 25 heavy (non-hydrogen) atoms. The molecular weight excluding hydrogens is 322 g/mol. The second-order valence-electron chi connectivity index (χ2n) is 6.42. The molecule has 0 radical (unpaired) electrons. The first kappa shape index (κ1) is 16.2. The zero-order chi connectivity index (χ0) is 17.2. The number of fused-ring (bicyclic) bond motifs is 1. The maximum absolute atomic E-state index is 5.93. The van der Waals surface area contributed by atoms with Gasteiger partial charge in [0.05, 0.1) is 25.3 Å². The third kappa shape index (κ3) is 3.29. The largest absolute Gasteiger partial charge is 0.493 e. The lowest BCUT2D eigenvalue weighted by molar-refractivity contribution is -0.00404. The van der Waals surface area contributed by atoms with Crippen LogP contribution in [0.25, 0.3) is 0 Å². The predicted molar refractivity (Wildman–Crippen MR) is 90.9 cm³/mol. The highest BCUT2D eigenvalue weighted by Crippen LogP contribution is 2.41. The Hall–Kier alpha value is -2.25. The molecule has 2 atom stereocenters. The van der Waals surface area contributed by atoms with Gasteiger partial charge in [0.25, 0.3) is 0 Å². The summed E-state index contributed by atoms with van der Waals surface area (Å²) in [4.78, 5) is 4.19. The molecule has 1 fully saturated rings. The van der Waals surface area contributed by atoms with Crippen molar-refractivity contribution >= 4 is 0 Å². The normalized spacial score (nSPS) is 22.2. The van der Waals surface area contributed by atoms with Gasteiger partial charge in [0.15, 0.2) is 11.5 Å². The Kier molecular flexibility index (Phi) is 4.50. The molecule has 7 nitrogen and oxygen atoms in total. The fraction of sp³-hybridized carbons (Fsp3) is 0.500. The van der Waals surface area contributed by atoms with E-state index in [1.165, 1.54) is 0 Å². The quantitative estimate of drug-likeness (QED) is 0.896. The molecule has 7 heteroatoms. The lowest BCUT2D eigenvalue weighted by atomic mass is 10.0. The van der Waals surface area contributed by atoms with Crippen molar-refractivity contribution in [3.63, 3.8) is 0 Å². The number of ether oxygens (including phenoxy) is 4. The smallest absolute Gasteiger partial charge is 0.231 e. The number of hydrogen-bond donors (Lipinski definition) is 1. The predicted octanol–water partition coefficient (Wildman–Crippen LogP) is 2.17. The van der Waals surface area contributed by atoms with Gasteiger partial charge in [-0.1, -0.05) is 0 Å². The van der Waals surface area contributed by atoms with Gasteiger partial charge in [-0.25, -0.2) is 4.98 Å². The fourth-order valence-corrected chi connectivity index (χ4v) is 3.41. The number of rotatable bonds is 5. The lowest BCUT2D eigenvalue weighted by Gasteiger charge is -2.30. The van der Waals surface area contributed by atoms with Crippen molar-refractivity contribution in [2.45, 2.75) is 31.5 Å². The maximum atomic E-state index is 5.93. The van der Waals surface area contributed by atoms with Crippen LogP contribution in [-0.2, 0) is 18.3 Å². The van der Waals surface area contributed by atoms with Crippen LogP contribution < -0.4 is 19.5 Å². The topological polar surface area (TPSA) is 66.8 Å². The highest BCUT2D eigenvalue weighted by Gasteiger charge is 2.26. The number of benzene rings is 1. The summed E-state index contributed by atoms with van der Waals surface area (Å²) in [6.07, 6.45) is 5.71. The molecule has 2 aliphatic heterocycles. The van der Waals surface area contributed by atoms with Crippen LogP contribution in [-0.4, -0.2) is 36.1 Å². The van der Waals surface area contributed by atoms with E-state index >= 15 is 0 Å². The van der Waals surface area contributed by atoms with Gasteiger partial charge in [0, 0.05) is 26.2 Å². The second-order valence-corrected chi connectivity index (χ2v) is 6.42. The van der Waals surface area contributed by atoms with Gasteiger partial charge in [-0.05, 0) is 30.5 Å². The summed E-state index contributed by atoms with van der Waals surface area (Å²) in [5, 5.41) is 3.63. The molecule has 134 valence electrons. The average Bonchev–Trinajstić information content (AvgIpc) is 3.28. The van der Waals surface area contributed by atoms with Crippen molar-refractivity contribution < 1.29 is 18.9 Å². The van der Waals surface area contributed by atoms with Crippen molar-refractivity contribution in [3.05, 3.63) is 35.9 Å². The first-order chi connectivity index (χ1) is 12.2. The van der Waals surface area contributed by atoms with E-state index < -0.39 is 0 Å². The van der Waals surface area contributed by atoms with Gasteiger partial charge in [-0.15, -0.1) is 0 Å². The standard InChI is InChI=1S/C18H23N3O4/c1-21-10-19-9-14(21)15-7-13(3-4-23-15)20-8-12-5-16(22-2)18-17(6-12)24-11-25-18/h5-6,9-10,13,15,20H,3-4,7-8,11H2,1-2H3/t13-,15-/m0/s1. The van der Waals surface area contributed by atoms with Crippen LogP contribution in [0.5, 0.6) is 17.2 Å². The van der Waals surface area contributed by atoms with E-state index in [0.29, 0.717) is 17.5 Å². The van der Waals surface area contributed by atoms with Crippen LogP contribution in [0, 0.1) is 0 Å². The van der Waals surface area contributed by atoms with Crippen molar-refractivity contribution in [2.24, 2.45) is 7.05 Å². The highest BCUT2D eigenvalue weighted by molar-refractivity contribution is 5.55. The molecule has 1 N–H and O–H groups in total. The number of hydrogen-bond acceptors (Lipinski definition) is 6. The molecule has 1 saturated heterocycles. The lowest BCUT2D eigenvalue weighted by Crippen LogP contribution is -2.36. The number of aryl methyl sites for hydroxylation is 1. The zero-order valence-electron chi connectivity index (χ0n) is 14.5. The summed E-state index contributed by atoms with van der Waals surface area (Å²) >= 11 is 0. The Balaban J connectivity index is 1.41. The minimum Gasteiger partial charge on any atom is -0.493 e. The Labute approximate surface area is 146 Å². The van der Waals surface area contributed by atoms with Crippen molar-refractivity contribution in [2.75, 3.05) is 20.5 Å². The van der Waals surface area contributed by atoms with Crippen molar-refractivity contribution in [1.82, 2.24) is 14.9 Å². The maximum Gasteiger partial charge on any atom is 0.231 e. The Morgan fingerprint density at radius 2 is 2.28 bits per heavy atom. The van der Waals surface area contributed by atoms with Gasteiger partial charge in [-0.2, -0.15) is 0 Å². The Bertz CT molecular complexity index is 746. The van der Waals surface area contributed by atoms with E-state index in [4.69, 9.17) is 18.9 Å². The Morgan fingerprint density at radius 1 is 1.36 bits per heavy atom. The molecule has 0 saturated carbocycles. The number of imidazole rings is 1. The molecule has 0 aliphatic carbocycles. The number of methoxy groups -OCH3 is 1. The molecule has 0 spiro atoms. The number of aromatic nitrogens is 2. The summed E-state index contributed by atoms with van der Waals surface area (Å²) in [5.74, 6) is 2.15. The third-order valence-electron chi connectivity index (χ3n) is 4.78. The molecule has 0 amide bonds. The van der Waals surface area contributed by atoms with Crippen LogP contribution in [0.1, 0.15) is 30.2 Å². The van der Waals surface area contributed by atoms with E-state index in [2.05, 4.69) is 10.3 Å². The van der Waals surface area contributed by atoms with Gasteiger partial charge < -0.3 is 28.8 Å². The van der Waals surface area contributed by atoms with Crippen LogP contribution >= 0.6 is 0 Å². The molecular formula is C18H23N3O4. The third-order valence-corrected chi connectivity index (χ3v) is 4.78. The van der Waals surface area contributed by atoms with E-state index in [1.54, 1.807) is 7.11 Å². The van der Waals surface area contributed by atoms with Crippen LogP contribution in [0.3, 0.4) is 0 Å². The van der Waals surface area contributed by atoms with Gasteiger partial charge >= 0.3 is 0 Å². The van der Waals surface area contributed by atoms with Crippen LogP contribution in [0.15, 0.2) is 24.7 Å². The average molecular weight is 345 g/mol. The van der Waals surface area contributed by atoms with E-state index in [0.717, 1.165) is 43.0 Å². The summed E-state index contributed by atoms with van der Waals surface area (Å²) < 4.78 is 24.3. The van der Waals surface area contributed by atoms with Gasteiger partial charge in [0.1, 0.15) is 6.10 Å². The number of nitrogens with zero attached hydrogens (tertiary/aromatic N) is 2. The molecule has 3 heterocycles. The van der Waals surface area contributed by atoms with E-state index in [1.807, 2.05) is 36.3 Å². The Morgan fingerprint density at radius 3 is 3.08 bits per heavy atom. The summed E-state index contributed by atoms with van der Waals surface area (Å²) in [6.45, 7) is 1.74. The highest BCUT2D eigenvalue weighted by atomic mass is 16.7. The molecule has 1 aromatic carbocycles. The van der Waals surface area contributed by atoms with Crippen molar-refractivity contribution in [1.29, 1.82) is 0 Å². The SMILES string of the molecule is COc1cc(CN[C@H]2CCO[C@H](c3cncn3C)C2)cc2c1OCO2. The van der Waals surface area contributed by atoms with E-state index in [-0.39, 0.29) is 12.9 Å². The zero-order valence-corrected chi connectivity index (χ0v) is 14.5. The van der Waals surface area contributed by atoms with Crippen LogP contribution in [0.4, 0.5) is 0 Å². The molecule has 2 aromatic rings. The number of nitrogens with one attached hydrogen (secondary N) is 1. The molecule has 0 bridgehead atoms. The van der Waals surface area contributed by atoms with Crippen molar-refractivity contribution in [3.8, 4) is 17.2 Å². The first-order valence-corrected chi connectivity index (χ1v) is 8.52. The molecule has 4 rings (SSSR count). The minimum absolute atomic E-state index is 0.0880. The molecule has 0 unspecified atom stereocenters. The molecule has 1 aromatic heterocycles. The molecule has 2 aliphatic rings. The summed E-state index contributed by atoms with van der Waals surface area (Å²) in [7, 11) is 3.65.